The number of halogens is 4. The molecule has 0 radical (unpaired) electrons. The third kappa shape index (κ3) is 4.90. The Bertz CT molecular complexity index is 1410. The summed E-state index contributed by atoms with van der Waals surface area (Å²) in [6, 6.07) is -0.251. The lowest BCUT2D eigenvalue weighted by atomic mass is 9.95. The van der Waals surface area contributed by atoms with Crippen LogP contribution in [0.3, 0.4) is 0 Å². The monoisotopic (exact) mass is 684 g/mol. The van der Waals surface area contributed by atoms with Crippen LogP contribution in [-0.2, 0) is 14.2 Å². The molecule has 5 aliphatic heterocycles. The number of hydrogen-bond donors (Lipinski definition) is 0. The van der Waals surface area contributed by atoms with E-state index in [1.54, 1.807) is 0 Å². The first kappa shape index (κ1) is 28.9. The van der Waals surface area contributed by atoms with Crippen LogP contribution in [0.5, 0.6) is 11.8 Å². The molecule has 4 saturated heterocycles. The SMILES string of the molecule is Fc1c(Br)c(Cl)c2c3c(nc(OC[C@@]45CCCN4C[C@H](F)C5)nc13)N(C1CCOC1)[C@@H](C1(OC3CCCCO3)CC1)CO2. The fourth-order valence-corrected chi connectivity index (χ4v) is 8.52. The fraction of sp³-hybridized carbons (Fsp3) is 0.733. The van der Waals surface area contributed by atoms with Crippen LogP contribution in [0.15, 0.2) is 4.47 Å². The predicted molar refractivity (Wildman–Crippen MR) is 158 cm³/mol. The van der Waals surface area contributed by atoms with Crippen LogP contribution in [0, 0.1) is 5.82 Å². The van der Waals surface area contributed by atoms with E-state index in [1.807, 2.05) is 0 Å². The molecule has 6 aliphatic rings. The molecule has 43 heavy (non-hydrogen) atoms. The van der Waals surface area contributed by atoms with Crippen molar-refractivity contribution in [2.45, 2.75) is 93.5 Å². The smallest absolute Gasteiger partial charge is 0.319 e. The third-order valence-electron chi connectivity index (χ3n) is 10.2. The average molecular weight is 686 g/mol. The molecule has 0 spiro atoms. The zero-order valence-electron chi connectivity index (χ0n) is 24.0. The van der Waals surface area contributed by atoms with E-state index >= 15 is 4.39 Å². The second-order valence-electron chi connectivity index (χ2n) is 12.9. The van der Waals surface area contributed by atoms with E-state index in [1.165, 1.54) is 0 Å². The first-order chi connectivity index (χ1) is 20.9. The molecule has 1 saturated carbocycles. The zero-order chi connectivity index (χ0) is 29.3. The number of nitrogens with zero attached hydrogens (tertiary/aromatic N) is 4. The molecule has 1 aliphatic carbocycles. The number of aromatic nitrogens is 2. The number of rotatable bonds is 7. The van der Waals surface area contributed by atoms with E-state index in [2.05, 4.69) is 30.7 Å². The number of benzene rings is 1. The van der Waals surface area contributed by atoms with Crippen LogP contribution in [0.2, 0.25) is 5.02 Å². The number of ether oxygens (including phenoxy) is 5. The van der Waals surface area contributed by atoms with Gasteiger partial charge in [0.25, 0.3) is 0 Å². The largest absolute Gasteiger partial charge is 0.489 e. The van der Waals surface area contributed by atoms with Gasteiger partial charge in [-0.1, -0.05) is 11.6 Å². The summed E-state index contributed by atoms with van der Waals surface area (Å²) >= 11 is 10.1. The summed E-state index contributed by atoms with van der Waals surface area (Å²) in [4.78, 5) is 13.9. The Morgan fingerprint density at radius 1 is 1.09 bits per heavy atom. The summed E-state index contributed by atoms with van der Waals surface area (Å²) in [7, 11) is 0. The molecule has 9 nitrogen and oxygen atoms in total. The van der Waals surface area contributed by atoms with Gasteiger partial charge in [0.1, 0.15) is 35.7 Å². The second kappa shape index (κ2) is 11.0. The molecule has 0 bridgehead atoms. The van der Waals surface area contributed by atoms with Crippen molar-refractivity contribution in [3.8, 4) is 11.8 Å². The van der Waals surface area contributed by atoms with Gasteiger partial charge in [0, 0.05) is 26.2 Å². The average Bonchev–Trinajstić information content (AvgIpc) is 3.29. The van der Waals surface area contributed by atoms with Gasteiger partial charge in [0.2, 0.25) is 0 Å². The van der Waals surface area contributed by atoms with Gasteiger partial charge in [-0.3, -0.25) is 4.90 Å². The van der Waals surface area contributed by atoms with Gasteiger partial charge in [0.15, 0.2) is 17.9 Å². The van der Waals surface area contributed by atoms with E-state index in [9.17, 15) is 4.39 Å². The molecule has 0 amide bonds. The highest BCUT2D eigenvalue weighted by Gasteiger charge is 2.58. The van der Waals surface area contributed by atoms with Crippen LogP contribution in [-0.4, -0.2) is 96.7 Å². The summed E-state index contributed by atoms with van der Waals surface area (Å²) in [6.45, 7) is 3.55. The highest BCUT2D eigenvalue weighted by molar-refractivity contribution is 9.10. The Morgan fingerprint density at radius 3 is 2.74 bits per heavy atom. The van der Waals surface area contributed by atoms with E-state index in [0.29, 0.717) is 49.7 Å². The molecule has 5 fully saturated rings. The quantitative estimate of drug-likeness (QED) is 0.348. The lowest BCUT2D eigenvalue weighted by Gasteiger charge is -2.41. The fourth-order valence-electron chi connectivity index (χ4n) is 7.92. The van der Waals surface area contributed by atoms with Gasteiger partial charge in [0.05, 0.1) is 39.7 Å². The van der Waals surface area contributed by atoms with Crippen molar-refractivity contribution in [3.05, 3.63) is 15.3 Å². The topological polar surface area (TPSA) is 78.4 Å². The summed E-state index contributed by atoms with van der Waals surface area (Å²) in [5.41, 5.74) is -0.851. The Kier molecular flexibility index (Phi) is 7.42. The van der Waals surface area contributed by atoms with Crippen molar-refractivity contribution in [1.82, 2.24) is 14.9 Å². The zero-order valence-corrected chi connectivity index (χ0v) is 26.3. The molecule has 1 aromatic heterocycles. The van der Waals surface area contributed by atoms with Gasteiger partial charge in [-0.15, -0.1) is 0 Å². The maximum Gasteiger partial charge on any atom is 0.319 e. The number of hydrogen-bond acceptors (Lipinski definition) is 9. The van der Waals surface area contributed by atoms with Gasteiger partial charge in [-0.25, -0.2) is 8.78 Å². The molecule has 2 unspecified atom stereocenters. The van der Waals surface area contributed by atoms with Crippen molar-refractivity contribution in [2.24, 2.45) is 0 Å². The predicted octanol–water partition coefficient (Wildman–Crippen LogP) is 5.57. The lowest BCUT2D eigenvalue weighted by molar-refractivity contribution is -0.203. The summed E-state index contributed by atoms with van der Waals surface area (Å²) in [5, 5.41) is 0.538. The summed E-state index contributed by atoms with van der Waals surface area (Å²) in [5.74, 6) is 0.218. The minimum Gasteiger partial charge on any atom is -0.489 e. The van der Waals surface area contributed by atoms with Gasteiger partial charge in [-0.05, 0) is 73.8 Å². The molecule has 5 atom stereocenters. The molecular formula is C30H36BrClF2N4O5. The van der Waals surface area contributed by atoms with Crippen molar-refractivity contribution in [3.63, 3.8) is 0 Å². The van der Waals surface area contributed by atoms with E-state index < -0.39 is 23.1 Å². The van der Waals surface area contributed by atoms with Crippen LogP contribution < -0.4 is 14.4 Å². The van der Waals surface area contributed by atoms with E-state index in [0.717, 1.165) is 57.9 Å². The molecule has 0 N–H and O–H groups in total. The van der Waals surface area contributed by atoms with Gasteiger partial charge < -0.3 is 28.6 Å². The molecular weight excluding hydrogens is 650 g/mol. The highest BCUT2D eigenvalue weighted by Crippen LogP contribution is 2.53. The highest BCUT2D eigenvalue weighted by atomic mass is 79.9. The number of alkyl halides is 1. The molecule has 2 aromatic rings. The first-order valence-corrected chi connectivity index (χ1v) is 16.7. The van der Waals surface area contributed by atoms with Crippen molar-refractivity contribution >= 4 is 44.3 Å². The van der Waals surface area contributed by atoms with Gasteiger partial charge in [-0.2, -0.15) is 9.97 Å². The normalized spacial score (nSPS) is 33.4. The maximum atomic E-state index is 16.0. The Balaban J connectivity index is 1.22. The molecule has 8 rings (SSSR count). The van der Waals surface area contributed by atoms with E-state index in [4.69, 9.17) is 40.3 Å². The Hall–Kier alpha value is -1.57. The van der Waals surface area contributed by atoms with Crippen molar-refractivity contribution in [2.75, 3.05) is 51.0 Å². The van der Waals surface area contributed by atoms with Gasteiger partial charge >= 0.3 is 6.01 Å². The Morgan fingerprint density at radius 2 is 1.98 bits per heavy atom. The molecule has 13 heteroatoms. The van der Waals surface area contributed by atoms with Crippen LogP contribution >= 0.6 is 27.5 Å². The van der Waals surface area contributed by atoms with Crippen LogP contribution in [0.25, 0.3) is 10.9 Å². The molecule has 234 valence electrons. The maximum absolute atomic E-state index is 16.0. The van der Waals surface area contributed by atoms with E-state index in [-0.39, 0.29) is 52.6 Å². The van der Waals surface area contributed by atoms with Crippen LogP contribution in [0.1, 0.15) is 57.8 Å². The summed E-state index contributed by atoms with van der Waals surface area (Å²) in [6.07, 6.45) is 6.48. The lowest BCUT2D eigenvalue weighted by Crippen LogP contribution is -2.55. The standard InChI is InChI=1S/C30H36BrClF2N4O5/c31-22-23(32)26-21-25(24(22)34)35-28(42-16-29-6-3-9-37(29)13-17(33)12-29)36-27(21)38(18-5-11-39-14-18)19(15-41-26)30(7-8-30)43-20-4-1-2-10-40-20/h17-20H,1-16H2/t17-,18?,19-,20?,29+/m1/s1. The minimum absolute atomic E-state index is 0.0459. The Labute approximate surface area is 262 Å². The van der Waals surface area contributed by atoms with Crippen LogP contribution in [0.4, 0.5) is 14.6 Å². The minimum atomic E-state index is -0.886. The summed E-state index contributed by atoms with van der Waals surface area (Å²) < 4.78 is 61.9. The number of anilines is 1. The van der Waals surface area contributed by atoms with Crippen molar-refractivity contribution in [1.29, 1.82) is 0 Å². The first-order valence-electron chi connectivity index (χ1n) is 15.6. The second-order valence-corrected chi connectivity index (χ2v) is 14.1. The third-order valence-corrected chi connectivity index (χ3v) is 11.6. The van der Waals surface area contributed by atoms with Crippen molar-refractivity contribution < 1.29 is 32.5 Å². The molecule has 6 heterocycles. The number of fused-ring (bicyclic) bond motifs is 1. The molecule has 1 aromatic carbocycles.